The van der Waals surface area contributed by atoms with E-state index in [2.05, 4.69) is 15.0 Å². The van der Waals surface area contributed by atoms with Gasteiger partial charge >= 0.3 is 0 Å². The topological polar surface area (TPSA) is 83.9 Å². The summed E-state index contributed by atoms with van der Waals surface area (Å²) in [6.45, 7) is 1.21. The number of nitrogens with zero attached hydrogens (tertiary/aromatic N) is 4. The highest BCUT2D eigenvalue weighted by atomic mass is 32.1. The molecule has 162 valence electrons. The van der Waals surface area contributed by atoms with Gasteiger partial charge in [-0.05, 0) is 54.2 Å². The van der Waals surface area contributed by atoms with Crippen LogP contribution in [0, 0.1) is 4.77 Å². The number of nitrogens with one attached hydrogen (secondary N) is 1. The van der Waals surface area contributed by atoms with Crippen molar-refractivity contribution in [3.05, 3.63) is 99.6 Å². The molecule has 0 fully saturated rings. The van der Waals surface area contributed by atoms with E-state index in [1.807, 2.05) is 48.5 Å². The smallest absolute Gasteiger partial charge is 0.262 e. The molecule has 1 amide bonds. The van der Waals surface area contributed by atoms with E-state index in [0.29, 0.717) is 35.2 Å². The minimum Gasteiger partial charge on any atom is -0.338 e. The van der Waals surface area contributed by atoms with Gasteiger partial charge in [0.05, 0.1) is 10.9 Å². The molecule has 0 aliphatic rings. The van der Waals surface area contributed by atoms with Crippen molar-refractivity contribution in [1.82, 2.24) is 24.4 Å². The van der Waals surface area contributed by atoms with Crippen molar-refractivity contribution in [2.75, 3.05) is 6.54 Å². The SMILES string of the molecule is O=C(CCn1c(=S)[nH]c2ccccc2c1=O)N(CCc1ccccn1)Cc1ccncc1. The molecule has 4 aromatic rings. The van der Waals surface area contributed by atoms with E-state index in [9.17, 15) is 9.59 Å². The van der Waals surface area contributed by atoms with Gasteiger partial charge in [-0.1, -0.05) is 18.2 Å². The van der Waals surface area contributed by atoms with Gasteiger partial charge in [-0.2, -0.15) is 0 Å². The van der Waals surface area contributed by atoms with Gasteiger partial charge < -0.3 is 9.88 Å². The number of pyridine rings is 2. The molecule has 0 unspecified atom stereocenters. The first-order valence-corrected chi connectivity index (χ1v) is 10.8. The third-order valence-corrected chi connectivity index (χ3v) is 5.60. The number of rotatable bonds is 8. The summed E-state index contributed by atoms with van der Waals surface area (Å²) in [5, 5.41) is 0.553. The van der Waals surface area contributed by atoms with E-state index in [0.717, 1.165) is 11.3 Å². The summed E-state index contributed by atoms with van der Waals surface area (Å²) in [6, 6.07) is 16.8. The van der Waals surface area contributed by atoms with Gasteiger partial charge in [0, 0.05) is 56.8 Å². The Labute approximate surface area is 190 Å². The van der Waals surface area contributed by atoms with Crippen LogP contribution >= 0.6 is 12.2 Å². The average Bonchev–Trinajstić information content (AvgIpc) is 2.82. The van der Waals surface area contributed by atoms with Gasteiger partial charge in [-0.25, -0.2) is 0 Å². The molecule has 1 N–H and O–H groups in total. The van der Waals surface area contributed by atoms with Crippen LogP contribution in [0.25, 0.3) is 10.9 Å². The summed E-state index contributed by atoms with van der Waals surface area (Å²) in [5.74, 6) is -0.0489. The predicted molar refractivity (Wildman–Crippen MR) is 126 cm³/mol. The summed E-state index contributed by atoms with van der Waals surface area (Å²) in [6.07, 6.45) is 5.99. The van der Waals surface area contributed by atoms with Crippen LogP contribution in [0.3, 0.4) is 0 Å². The minimum absolute atomic E-state index is 0.0489. The molecule has 3 aromatic heterocycles. The van der Waals surface area contributed by atoms with Gasteiger partial charge in [0.15, 0.2) is 4.77 Å². The Balaban J connectivity index is 1.51. The summed E-state index contributed by atoms with van der Waals surface area (Å²) < 4.78 is 1.77. The van der Waals surface area contributed by atoms with Gasteiger partial charge in [0.1, 0.15) is 0 Å². The average molecular weight is 446 g/mol. The fourth-order valence-electron chi connectivity index (χ4n) is 3.56. The summed E-state index contributed by atoms with van der Waals surface area (Å²) in [7, 11) is 0. The minimum atomic E-state index is -0.189. The Morgan fingerprint density at radius 1 is 1.03 bits per heavy atom. The van der Waals surface area contributed by atoms with Crippen molar-refractivity contribution in [2.45, 2.75) is 25.9 Å². The van der Waals surface area contributed by atoms with E-state index >= 15 is 0 Å². The van der Waals surface area contributed by atoms with Crippen molar-refractivity contribution in [3.63, 3.8) is 0 Å². The molecule has 7 nitrogen and oxygen atoms in total. The lowest BCUT2D eigenvalue weighted by atomic mass is 10.2. The lowest BCUT2D eigenvalue weighted by molar-refractivity contribution is -0.132. The number of aromatic amines is 1. The predicted octanol–water partition coefficient (Wildman–Crippen LogP) is 3.51. The maximum Gasteiger partial charge on any atom is 0.262 e. The quantitative estimate of drug-likeness (QED) is 0.420. The second-order valence-electron chi connectivity index (χ2n) is 7.42. The van der Waals surface area contributed by atoms with Crippen molar-refractivity contribution < 1.29 is 4.79 Å². The van der Waals surface area contributed by atoms with Crippen molar-refractivity contribution in [2.24, 2.45) is 0 Å². The van der Waals surface area contributed by atoms with Crippen LogP contribution in [-0.2, 0) is 24.3 Å². The number of carbonyl (C=O) groups excluding carboxylic acids is 1. The number of hydrogen-bond donors (Lipinski definition) is 1. The normalized spacial score (nSPS) is 10.9. The third kappa shape index (κ3) is 5.15. The highest BCUT2D eigenvalue weighted by Gasteiger charge is 2.16. The zero-order valence-electron chi connectivity index (χ0n) is 17.5. The zero-order valence-corrected chi connectivity index (χ0v) is 18.3. The van der Waals surface area contributed by atoms with Crippen LogP contribution in [0.15, 0.2) is 78.0 Å². The Bertz CT molecular complexity index is 1320. The van der Waals surface area contributed by atoms with Gasteiger partial charge in [0.2, 0.25) is 5.91 Å². The van der Waals surface area contributed by atoms with E-state index in [4.69, 9.17) is 12.2 Å². The Morgan fingerprint density at radius 2 is 1.81 bits per heavy atom. The molecule has 0 aliphatic carbocycles. The summed E-state index contributed by atoms with van der Waals surface area (Å²) >= 11 is 5.37. The van der Waals surface area contributed by atoms with Gasteiger partial charge in [-0.15, -0.1) is 0 Å². The maximum atomic E-state index is 13.2. The molecule has 1 aromatic carbocycles. The molecular weight excluding hydrogens is 422 g/mol. The fraction of sp³-hybridized carbons (Fsp3) is 0.208. The molecule has 3 heterocycles. The number of H-pyrrole nitrogens is 1. The molecular formula is C24H23N5O2S. The maximum absolute atomic E-state index is 13.2. The summed E-state index contributed by atoms with van der Waals surface area (Å²) in [5.41, 5.74) is 2.42. The molecule has 0 spiro atoms. The number of carbonyl (C=O) groups is 1. The molecule has 4 rings (SSSR count). The molecule has 32 heavy (non-hydrogen) atoms. The largest absolute Gasteiger partial charge is 0.338 e. The van der Waals surface area contributed by atoms with Crippen LogP contribution in [0.2, 0.25) is 0 Å². The molecule has 8 heteroatoms. The molecule has 0 atom stereocenters. The number of amides is 1. The number of para-hydroxylation sites is 1. The highest BCUT2D eigenvalue weighted by Crippen LogP contribution is 2.10. The van der Waals surface area contributed by atoms with Crippen LogP contribution in [0.1, 0.15) is 17.7 Å². The van der Waals surface area contributed by atoms with Crippen LogP contribution < -0.4 is 5.56 Å². The number of aromatic nitrogens is 4. The first-order valence-electron chi connectivity index (χ1n) is 10.4. The van der Waals surface area contributed by atoms with Crippen molar-refractivity contribution >= 4 is 29.0 Å². The van der Waals surface area contributed by atoms with Crippen molar-refractivity contribution in [1.29, 1.82) is 0 Å². The lowest BCUT2D eigenvalue weighted by Gasteiger charge is -2.23. The number of hydrogen-bond acceptors (Lipinski definition) is 5. The Hall–Kier alpha value is -3.65. The second-order valence-corrected chi connectivity index (χ2v) is 7.81. The summed E-state index contributed by atoms with van der Waals surface area (Å²) in [4.78, 5) is 39.3. The molecule has 0 radical (unpaired) electrons. The Morgan fingerprint density at radius 3 is 2.59 bits per heavy atom. The van der Waals surface area contributed by atoms with Gasteiger partial charge in [-0.3, -0.25) is 24.1 Å². The molecule has 0 aliphatic heterocycles. The number of benzene rings is 1. The van der Waals surface area contributed by atoms with Crippen molar-refractivity contribution in [3.8, 4) is 0 Å². The van der Waals surface area contributed by atoms with Crippen LogP contribution in [0.4, 0.5) is 0 Å². The lowest BCUT2D eigenvalue weighted by Crippen LogP contribution is -2.34. The molecule has 0 saturated carbocycles. The first kappa shape index (κ1) is 21.6. The van der Waals surface area contributed by atoms with Crippen LogP contribution in [-0.4, -0.2) is 36.9 Å². The molecule has 0 saturated heterocycles. The second kappa shape index (κ2) is 10.1. The monoisotopic (exact) mass is 445 g/mol. The van der Waals surface area contributed by atoms with E-state index < -0.39 is 0 Å². The third-order valence-electron chi connectivity index (χ3n) is 5.28. The van der Waals surface area contributed by atoms with Gasteiger partial charge in [0.25, 0.3) is 5.56 Å². The van der Waals surface area contributed by atoms with Crippen LogP contribution in [0.5, 0.6) is 0 Å². The van der Waals surface area contributed by atoms with E-state index in [1.165, 1.54) is 4.57 Å². The highest BCUT2D eigenvalue weighted by molar-refractivity contribution is 7.71. The zero-order chi connectivity index (χ0) is 22.3. The standard InChI is InChI=1S/C24H23N5O2S/c30-22(11-16-29-23(31)20-6-1-2-7-21(20)27-24(29)32)28(17-18-8-13-25-14-9-18)15-10-19-5-3-4-12-26-19/h1-9,12-14H,10-11,15-17H2,(H,27,32). The fourth-order valence-corrected chi connectivity index (χ4v) is 3.85. The first-order chi connectivity index (χ1) is 15.6. The Kier molecular flexibility index (Phi) is 6.81. The number of fused-ring (bicyclic) bond motifs is 1. The van der Waals surface area contributed by atoms with E-state index in [1.54, 1.807) is 29.6 Å². The molecule has 0 bridgehead atoms. The van der Waals surface area contributed by atoms with E-state index in [-0.39, 0.29) is 24.4 Å².